The fourth-order valence-electron chi connectivity index (χ4n) is 2.60. The van der Waals surface area contributed by atoms with Crippen molar-refractivity contribution in [2.75, 3.05) is 0 Å². The van der Waals surface area contributed by atoms with Crippen LogP contribution in [0.5, 0.6) is 0 Å². The van der Waals surface area contributed by atoms with Crippen molar-refractivity contribution < 1.29 is 8.42 Å². The molecule has 4 nitrogen and oxygen atoms in total. The highest BCUT2D eigenvalue weighted by Crippen LogP contribution is 2.35. The molecule has 5 heteroatoms. The highest BCUT2D eigenvalue weighted by Gasteiger charge is 2.35. The molecule has 0 saturated heterocycles. The van der Waals surface area contributed by atoms with Crippen LogP contribution in [0.2, 0.25) is 0 Å². The van der Waals surface area contributed by atoms with Crippen LogP contribution in [0.15, 0.2) is 64.6 Å². The van der Waals surface area contributed by atoms with E-state index in [0.29, 0.717) is 6.42 Å². The number of rotatable bonds is 3. The van der Waals surface area contributed by atoms with Crippen LogP contribution in [0.4, 0.5) is 0 Å². The third-order valence-corrected chi connectivity index (χ3v) is 5.47. The molecule has 0 aliphatic carbocycles. The number of aryl methyl sites for hydroxylation is 1. The van der Waals surface area contributed by atoms with Crippen molar-refractivity contribution >= 4 is 15.7 Å². The number of nitrogens with zero attached hydrogens (tertiary/aromatic N) is 2. The van der Waals surface area contributed by atoms with Gasteiger partial charge in [0.15, 0.2) is 0 Å². The maximum atomic E-state index is 12.9. The molecule has 3 rings (SSSR count). The highest BCUT2D eigenvalue weighted by molar-refractivity contribution is 7.89. The van der Waals surface area contributed by atoms with Crippen LogP contribution >= 0.6 is 0 Å². The summed E-state index contributed by atoms with van der Waals surface area (Å²) < 4.78 is 27.0. The average molecular weight is 314 g/mol. The lowest BCUT2D eigenvalue weighted by Crippen LogP contribution is -2.27. The molecule has 0 unspecified atom stereocenters. The summed E-state index contributed by atoms with van der Waals surface area (Å²) >= 11 is 0. The average Bonchev–Trinajstić information content (AvgIpc) is 2.91. The zero-order valence-corrected chi connectivity index (χ0v) is 13.4. The molecule has 1 aliphatic heterocycles. The van der Waals surface area contributed by atoms with Crippen molar-refractivity contribution in [3.05, 3.63) is 65.7 Å². The van der Waals surface area contributed by atoms with Gasteiger partial charge in [0.2, 0.25) is 0 Å². The Morgan fingerprint density at radius 2 is 1.64 bits per heavy atom. The fourth-order valence-corrected chi connectivity index (χ4v) is 4.07. The Morgan fingerprint density at radius 1 is 1.00 bits per heavy atom. The van der Waals surface area contributed by atoms with E-state index >= 15 is 0 Å². The zero-order valence-electron chi connectivity index (χ0n) is 12.6. The van der Waals surface area contributed by atoms with Gasteiger partial charge >= 0.3 is 0 Å². The first-order valence-corrected chi connectivity index (χ1v) is 8.62. The second-order valence-electron chi connectivity index (χ2n) is 5.56. The minimum atomic E-state index is -3.64. The van der Waals surface area contributed by atoms with Crippen LogP contribution in [0.25, 0.3) is 0 Å². The number of hydrogen-bond donors (Lipinski definition) is 0. The first kappa shape index (κ1) is 14.8. The SMILES string of the molecule is CC1=NN(S(=O)(=O)c2ccc(C)cc2)[C@@H](c2ccccc2)C1. The van der Waals surface area contributed by atoms with Crippen LogP contribution in [0.1, 0.15) is 30.5 Å². The summed E-state index contributed by atoms with van der Waals surface area (Å²) in [5.41, 5.74) is 2.81. The predicted molar refractivity (Wildman–Crippen MR) is 87.1 cm³/mol. The normalized spacial score (nSPS) is 18.4. The first-order chi connectivity index (χ1) is 10.5. The number of benzene rings is 2. The lowest BCUT2D eigenvalue weighted by molar-refractivity contribution is 0.371. The molecule has 1 atom stereocenters. The molecule has 0 fully saturated rings. The van der Waals surface area contributed by atoms with Crippen molar-refractivity contribution in [2.45, 2.75) is 31.2 Å². The van der Waals surface area contributed by atoms with E-state index < -0.39 is 10.0 Å². The Bertz CT molecular complexity index is 796. The van der Waals surface area contributed by atoms with Gasteiger partial charge in [-0.1, -0.05) is 48.0 Å². The summed E-state index contributed by atoms with van der Waals surface area (Å²) in [4.78, 5) is 0.275. The molecule has 1 heterocycles. The Hall–Kier alpha value is -2.14. The maximum absolute atomic E-state index is 12.9. The van der Waals surface area contributed by atoms with Gasteiger partial charge in [0.1, 0.15) is 0 Å². The summed E-state index contributed by atoms with van der Waals surface area (Å²) in [5.74, 6) is 0. The van der Waals surface area contributed by atoms with Gasteiger partial charge in [0.05, 0.1) is 10.9 Å². The Balaban J connectivity index is 2.02. The molecular weight excluding hydrogens is 296 g/mol. The van der Waals surface area contributed by atoms with E-state index in [1.165, 1.54) is 4.41 Å². The van der Waals surface area contributed by atoms with Crippen molar-refractivity contribution in [1.29, 1.82) is 0 Å². The molecular formula is C17H18N2O2S. The molecule has 0 N–H and O–H groups in total. The summed E-state index contributed by atoms with van der Waals surface area (Å²) in [6.45, 7) is 3.79. The maximum Gasteiger partial charge on any atom is 0.279 e. The second kappa shape index (κ2) is 5.57. The monoisotopic (exact) mass is 314 g/mol. The predicted octanol–water partition coefficient (Wildman–Crippen LogP) is 3.51. The molecule has 1 aliphatic rings. The topological polar surface area (TPSA) is 49.7 Å². The highest BCUT2D eigenvalue weighted by atomic mass is 32.2. The smallest absolute Gasteiger partial charge is 0.200 e. The van der Waals surface area contributed by atoms with Gasteiger partial charge < -0.3 is 0 Å². The van der Waals surface area contributed by atoms with E-state index in [-0.39, 0.29) is 10.9 Å². The van der Waals surface area contributed by atoms with E-state index in [1.807, 2.05) is 44.2 Å². The fraction of sp³-hybridized carbons (Fsp3) is 0.235. The molecule has 0 radical (unpaired) electrons. The molecule has 2 aromatic rings. The van der Waals surface area contributed by atoms with E-state index in [0.717, 1.165) is 16.8 Å². The molecule has 0 aromatic heterocycles. The van der Waals surface area contributed by atoms with Gasteiger partial charge in [0, 0.05) is 12.1 Å². The Labute approximate surface area is 131 Å². The van der Waals surface area contributed by atoms with E-state index in [2.05, 4.69) is 5.10 Å². The summed E-state index contributed by atoms with van der Waals surface area (Å²) in [6, 6.07) is 16.2. The zero-order chi connectivity index (χ0) is 15.7. The van der Waals surface area contributed by atoms with E-state index in [9.17, 15) is 8.42 Å². The van der Waals surface area contributed by atoms with Gasteiger partial charge in [-0.3, -0.25) is 0 Å². The first-order valence-electron chi connectivity index (χ1n) is 7.18. The van der Waals surface area contributed by atoms with E-state index in [4.69, 9.17) is 0 Å². The number of sulfonamides is 1. The van der Waals surface area contributed by atoms with Crippen LogP contribution in [-0.4, -0.2) is 18.5 Å². The van der Waals surface area contributed by atoms with Crippen LogP contribution in [-0.2, 0) is 10.0 Å². The molecule has 2 aromatic carbocycles. The van der Waals surface area contributed by atoms with Crippen LogP contribution in [0, 0.1) is 6.92 Å². The van der Waals surface area contributed by atoms with Gasteiger partial charge in [-0.15, -0.1) is 0 Å². The minimum Gasteiger partial charge on any atom is -0.200 e. The molecule has 0 spiro atoms. The molecule has 0 amide bonds. The van der Waals surface area contributed by atoms with Gasteiger partial charge in [-0.05, 0) is 31.5 Å². The summed E-state index contributed by atoms with van der Waals surface area (Å²) in [5, 5.41) is 4.28. The van der Waals surface area contributed by atoms with Crippen molar-refractivity contribution in [3.8, 4) is 0 Å². The van der Waals surface area contributed by atoms with Crippen LogP contribution in [0.3, 0.4) is 0 Å². The van der Waals surface area contributed by atoms with Crippen molar-refractivity contribution in [3.63, 3.8) is 0 Å². The van der Waals surface area contributed by atoms with Crippen molar-refractivity contribution in [2.24, 2.45) is 5.10 Å². The quantitative estimate of drug-likeness (QED) is 0.870. The molecule has 0 saturated carbocycles. The summed E-state index contributed by atoms with van der Waals surface area (Å²) in [7, 11) is -3.64. The van der Waals surface area contributed by atoms with E-state index in [1.54, 1.807) is 24.3 Å². The van der Waals surface area contributed by atoms with Crippen molar-refractivity contribution in [1.82, 2.24) is 4.41 Å². The van der Waals surface area contributed by atoms with Gasteiger partial charge in [0.25, 0.3) is 10.0 Å². The molecule has 22 heavy (non-hydrogen) atoms. The summed E-state index contributed by atoms with van der Waals surface area (Å²) in [6.07, 6.45) is 0.620. The molecule has 0 bridgehead atoms. The Kier molecular flexibility index (Phi) is 3.74. The van der Waals surface area contributed by atoms with Gasteiger partial charge in [-0.25, -0.2) is 0 Å². The number of hydrogen-bond acceptors (Lipinski definition) is 3. The standard InChI is InChI=1S/C17H18N2O2S/c1-13-8-10-16(11-9-13)22(20,21)19-17(12-14(2)18-19)15-6-4-3-5-7-15/h3-11,17H,12H2,1-2H3/t17-/m1/s1. The second-order valence-corrected chi connectivity index (χ2v) is 7.35. The lowest BCUT2D eigenvalue weighted by Gasteiger charge is -2.23. The lowest BCUT2D eigenvalue weighted by atomic mass is 10.0. The third kappa shape index (κ3) is 2.64. The molecule has 114 valence electrons. The third-order valence-electron chi connectivity index (χ3n) is 3.77. The minimum absolute atomic E-state index is 0.271. The van der Waals surface area contributed by atoms with Crippen LogP contribution < -0.4 is 0 Å². The number of hydrazone groups is 1. The largest absolute Gasteiger partial charge is 0.279 e. The Morgan fingerprint density at radius 3 is 2.27 bits per heavy atom. The van der Waals surface area contributed by atoms with Gasteiger partial charge in [-0.2, -0.15) is 17.9 Å².